The fraction of sp³-hybridized carbons (Fsp3) is 0.500. The normalized spacial score (nSPS) is 11.6. The van der Waals surface area contributed by atoms with Gasteiger partial charge in [0.2, 0.25) is 0 Å². The van der Waals surface area contributed by atoms with Crippen molar-refractivity contribution in [2.75, 3.05) is 26.1 Å². The standard InChI is InChI=1S/C22H31N3O4/c1-6-8-9-10-15(3)24-21-17(22(26)29-7-2)14-23-20(25-21)16-11-12-18(27-4)19(13-16)28-5/h11-15H,6-10H2,1-5H3,(H,23,24,25)/t15-/m1/s1. The molecule has 0 fully saturated rings. The van der Waals surface area contributed by atoms with Crippen molar-refractivity contribution in [2.45, 2.75) is 52.5 Å². The molecular weight excluding hydrogens is 370 g/mol. The van der Waals surface area contributed by atoms with Crippen LogP contribution in [0.4, 0.5) is 5.82 Å². The molecule has 0 saturated heterocycles. The van der Waals surface area contributed by atoms with Crippen LogP contribution in [0.5, 0.6) is 11.5 Å². The van der Waals surface area contributed by atoms with Gasteiger partial charge in [0, 0.05) is 17.8 Å². The Bertz CT molecular complexity index is 811. The molecule has 1 aromatic heterocycles. The summed E-state index contributed by atoms with van der Waals surface area (Å²) in [4.78, 5) is 21.4. The van der Waals surface area contributed by atoms with E-state index in [0.29, 0.717) is 35.3 Å². The number of nitrogens with zero attached hydrogens (tertiary/aromatic N) is 2. The Kier molecular flexibility index (Phi) is 8.70. The van der Waals surface area contributed by atoms with Crippen LogP contribution in [-0.4, -0.2) is 42.8 Å². The molecule has 2 rings (SSSR count). The van der Waals surface area contributed by atoms with Crippen molar-refractivity contribution in [3.63, 3.8) is 0 Å². The van der Waals surface area contributed by atoms with E-state index in [0.717, 1.165) is 24.8 Å². The molecule has 7 heteroatoms. The van der Waals surface area contributed by atoms with E-state index in [1.165, 1.54) is 12.6 Å². The lowest BCUT2D eigenvalue weighted by atomic mass is 10.1. The molecule has 1 N–H and O–H groups in total. The number of hydrogen-bond donors (Lipinski definition) is 1. The molecular formula is C22H31N3O4. The minimum atomic E-state index is -0.436. The molecule has 158 valence electrons. The number of methoxy groups -OCH3 is 2. The largest absolute Gasteiger partial charge is 0.493 e. The fourth-order valence-electron chi connectivity index (χ4n) is 2.97. The Morgan fingerprint density at radius 2 is 1.90 bits per heavy atom. The number of carbonyl (C=O) groups excluding carboxylic acids is 1. The van der Waals surface area contributed by atoms with Crippen LogP contribution in [0.2, 0.25) is 0 Å². The first-order valence-electron chi connectivity index (χ1n) is 10.1. The van der Waals surface area contributed by atoms with E-state index >= 15 is 0 Å². The van der Waals surface area contributed by atoms with Gasteiger partial charge in [0.25, 0.3) is 0 Å². The average Bonchev–Trinajstić information content (AvgIpc) is 2.73. The number of aromatic nitrogens is 2. The lowest BCUT2D eigenvalue weighted by Gasteiger charge is -2.17. The van der Waals surface area contributed by atoms with Crippen LogP contribution >= 0.6 is 0 Å². The van der Waals surface area contributed by atoms with Crippen LogP contribution in [0.15, 0.2) is 24.4 Å². The van der Waals surface area contributed by atoms with Crippen LogP contribution in [0.25, 0.3) is 11.4 Å². The smallest absolute Gasteiger partial charge is 0.343 e. The number of ether oxygens (including phenoxy) is 3. The molecule has 0 aliphatic carbocycles. The summed E-state index contributed by atoms with van der Waals surface area (Å²) in [6, 6.07) is 5.64. The predicted octanol–water partition coefficient (Wildman–Crippen LogP) is 4.72. The van der Waals surface area contributed by atoms with Gasteiger partial charge in [0.15, 0.2) is 17.3 Å². The summed E-state index contributed by atoms with van der Waals surface area (Å²) in [5, 5.41) is 3.36. The SMILES string of the molecule is CCCCC[C@@H](C)Nc1nc(-c2ccc(OC)c(OC)c2)ncc1C(=O)OCC. The van der Waals surface area contributed by atoms with Crippen molar-refractivity contribution in [1.82, 2.24) is 9.97 Å². The van der Waals surface area contributed by atoms with Gasteiger partial charge in [-0.1, -0.05) is 26.2 Å². The number of nitrogens with one attached hydrogen (secondary N) is 1. The van der Waals surface area contributed by atoms with Crippen LogP contribution in [0.3, 0.4) is 0 Å². The second kappa shape index (κ2) is 11.2. The van der Waals surface area contributed by atoms with Crippen LogP contribution in [0, 0.1) is 0 Å². The third kappa shape index (κ3) is 6.07. The highest BCUT2D eigenvalue weighted by Crippen LogP contribution is 2.31. The van der Waals surface area contributed by atoms with E-state index < -0.39 is 5.97 Å². The van der Waals surface area contributed by atoms with Crippen LogP contribution in [0.1, 0.15) is 56.8 Å². The van der Waals surface area contributed by atoms with E-state index in [1.807, 2.05) is 12.1 Å². The van der Waals surface area contributed by atoms with Gasteiger partial charge in [-0.25, -0.2) is 14.8 Å². The average molecular weight is 402 g/mol. The maximum atomic E-state index is 12.4. The number of anilines is 1. The first-order chi connectivity index (χ1) is 14.0. The van der Waals surface area contributed by atoms with Crippen LogP contribution in [-0.2, 0) is 4.74 Å². The highest BCUT2D eigenvalue weighted by atomic mass is 16.5. The highest BCUT2D eigenvalue weighted by Gasteiger charge is 2.18. The lowest BCUT2D eigenvalue weighted by molar-refractivity contribution is 0.0526. The molecule has 0 radical (unpaired) electrons. The van der Waals surface area contributed by atoms with E-state index in [-0.39, 0.29) is 6.04 Å². The Morgan fingerprint density at radius 1 is 1.14 bits per heavy atom. The lowest BCUT2D eigenvalue weighted by Crippen LogP contribution is -2.20. The molecule has 1 aromatic carbocycles. The van der Waals surface area contributed by atoms with E-state index in [9.17, 15) is 4.79 Å². The van der Waals surface area contributed by atoms with Crippen molar-refractivity contribution in [1.29, 1.82) is 0 Å². The summed E-state index contributed by atoms with van der Waals surface area (Å²) in [5.74, 6) is 1.75. The maximum Gasteiger partial charge on any atom is 0.343 e. The fourth-order valence-corrected chi connectivity index (χ4v) is 2.97. The summed E-state index contributed by atoms with van der Waals surface area (Å²) >= 11 is 0. The molecule has 0 saturated carbocycles. The van der Waals surface area contributed by atoms with Crippen molar-refractivity contribution < 1.29 is 19.0 Å². The van der Waals surface area contributed by atoms with Crippen LogP contribution < -0.4 is 14.8 Å². The molecule has 0 spiro atoms. The van der Waals surface area contributed by atoms with Crippen molar-refractivity contribution in [2.24, 2.45) is 0 Å². The molecule has 0 aliphatic heterocycles. The molecule has 1 atom stereocenters. The number of unbranched alkanes of at least 4 members (excludes halogenated alkanes) is 2. The molecule has 7 nitrogen and oxygen atoms in total. The summed E-state index contributed by atoms with van der Waals surface area (Å²) in [6.07, 6.45) is 5.96. The van der Waals surface area contributed by atoms with E-state index in [1.54, 1.807) is 27.2 Å². The zero-order chi connectivity index (χ0) is 21.2. The van der Waals surface area contributed by atoms with Gasteiger partial charge >= 0.3 is 5.97 Å². The Labute approximate surface area is 172 Å². The molecule has 0 amide bonds. The third-order valence-electron chi connectivity index (χ3n) is 4.55. The first kappa shape index (κ1) is 22.5. The van der Waals surface area contributed by atoms with Gasteiger partial charge < -0.3 is 19.5 Å². The van der Waals surface area contributed by atoms with Gasteiger partial charge in [-0.2, -0.15) is 0 Å². The molecule has 2 aromatic rings. The number of carbonyl (C=O) groups is 1. The van der Waals surface area contributed by atoms with E-state index in [2.05, 4.69) is 29.1 Å². The van der Waals surface area contributed by atoms with Gasteiger partial charge in [0.1, 0.15) is 11.4 Å². The summed E-state index contributed by atoms with van der Waals surface area (Å²) in [5.41, 5.74) is 1.10. The van der Waals surface area contributed by atoms with Gasteiger partial charge in [-0.3, -0.25) is 0 Å². The van der Waals surface area contributed by atoms with Gasteiger partial charge in [0.05, 0.1) is 20.8 Å². The Balaban J connectivity index is 2.36. The van der Waals surface area contributed by atoms with Crippen molar-refractivity contribution in [3.8, 4) is 22.9 Å². The maximum absolute atomic E-state index is 12.4. The van der Waals surface area contributed by atoms with Crippen molar-refractivity contribution >= 4 is 11.8 Å². The van der Waals surface area contributed by atoms with Crippen molar-refractivity contribution in [3.05, 3.63) is 30.0 Å². The topological polar surface area (TPSA) is 82.6 Å². The zero-order valence-corrected chi connectivity index (χ0v) is 17.9. The molecule has 29 heavy (non-hydrogen) atoms. The Hall–Kier alpha value is -2.83. The van der Waals surface area contributed by atoms with E-state index in [4.69, 9.17) is 14.2 Å². The third-order valence-corrected chi connectivity index (χ3v) is 4.55. The highest BCUT2D eigenvalue weighted by molar-refractivity contribution is 5.94. The Morgan fingerprint density at radius 3 is 2.55 bits per heavy atom. The number of benzene rings is 1. The van der Waals surface area contributed by atoms with Gasteiger partial charge in [-0.15, -0.1) is 0 Å². The number of hydrogen-bond acceptors (Lipinski definition) is 7. The summed E-state index contributed by atoms with van der Waals surface area (Å²) < 4.78 is 15.8. The molecule has 0 bridgehead atoms. The summed E-state index contributed by atoms with van der Waals surface area (Å²) in [7, 11) is 3.17. The quantitative estimate of drug-likeness (QED) is 0.431. The second-order valence-corrected chi connectivity index (χ2v) is 6.79. The number of esters is 1. The second-order valence-electron chi connectivity index (χ2n) is 6.79. The minimum Gasteiger partial charge on any atom is -0.493 e. The monoisotopic (exact) mass is 401 g/mol. The zero-order valence-electron chi connectivity index (χ0n) is 17.9. The summed E-state index contributed by atoms with van der Waals surface area (Å²) in [6.45, 7) is 6.33. The molecule has 1 heterocycles. The molecule has 0 unspecified atom stereocenters. The first-order valence-corrected chi connectivity index (χ1v) is 10.1. The van der Waals surface area contributed by atoms with Gasteiger partial charge in [-0.05, 0) is 38.5 Å². The minimum absolute atomic E-state index is 0.169. The molecule has 0 aliphatic rings. The predicted molar refractivity (Wildman–Crippen MR) is 114 cm³/mol. The number of rotatable bonds is 11.